The molecule has 0 amide bonds. The fourth-order valence-electron chi connectivity index (χ4n) is 6.62. The summed E-state index contributed by atoms with van der Waals surface area (Å²) in [6.45, 7) is 18.8. The van der Waals surface area contributed by atoms with Crippen LogP contribution in [0.3, 0.4) is 0 Å². The Hall–Kier alpha value is -2.87. The highest BCUT2D eigenvalue weighted by Gasteiger charge is 2.40. The molecular formula is C46H90N8O17S2. The van der Waals surface area contributed by atoms with Crippen molar-refractivity contribution in [3.05, 3.63) is 23.8 Å². The Balaban J connectivity index is 0.00000362. The van der Waals surface area contributed by atoms with Crippen LogP contribution in [0.25, 0.3) is 0 Å². The summed E-state index contributed by atoms with van der Waals surface area (Å²) in [7, 11) is -5.87. The first-order valence-corrected chi connectivity index (χ1v) is 28.8. The van der Waals surface area contributed by atoms with Crippen molar-refractivity contribution in [1.82, 2.24) is 39.8 Å². The predicted molar refractivity (Wildman–Crippen MR) is 271 cm³/mol. The standard InChI is InChI=1S/C39H70N8O17S2.C4H10.C2H6.CH4/c1-3-62-39(51)37(64-23-21-61-19-17-59-15-13-57-11-5-47-31-34(41-43-47)29-45-8-26-66(54,55)27-9-45)36(35(48)32(2)38(49)50)63-22-20-60-18-16-58-14-12-56-10-4-46-30-33(40-42-46)28-44-6-24-65(52,53)25-7-44;1-3-4-2;1-2;/h30-32,35-37,39,48,51H,3-29H2,1-2H3,(H,49,50);3-4H2,1-2H3;1-2H3;1H4. The van der Waals surface area contributed by atoms with Crippen LogP contribution in [-0.2, 0) is 93.3 Å². The largest absolute Gasteiger partial charge is 0.481 e. The number of aliphatic hydroxyl groups excluding tert-OH is 2. The minimum absolute atomic E-state index is 0. The lowest BCUT2D eigenvalue weighted by atomic mass is 9.95. The minimum Gasteiger partial charge on any atom is -0.481 e. The third-order valence-corrected chi connectivity index (χ3v) is 14.2. The third kappa shape index (κ3) is 30.5. The van der Waals surface area contributed by atoms with Gasteiger partial charge in [-0.1, -0.05) is 58.4 Å². The summed E-state index contributed by atoms with van der Waals surface area (Å²) < 4.78 is 101. The molecule has 2 aromatic rings. The first-order valence-electron chi connectivity index (χ1n) is 25.2. The molecule has 2 saturated heterocycles. The van der Waals surface area contributed by atoms with Gasteiger partial charge in [0.1, 0.15) is 12.2 Å². The number of aromatic nitrogens is 6. The Morgan fingerprint density at radius 2 is 0.918 bits per heavy atom. The lowest BCUT2D eigenvalue weighted by Crippen LogP contribution is -2.52. The monoisotopic (exact) mass is 1090 g/mol. The van der Waals surface area contributed by atoms with E-state index in [2.05, 4.69) is 34.5 Å². The van der Waals surface area contributed by atoms with Crippen LogP contribution in [0, 0.1) is 5.92 Å². The molecule has 2 aromatic heterocycles. The van der Waals surface area contributed by atoms with Gasteiger partial charge in [-0.3, -0.25) is 14.6 Å². The second kappa shape index (κ2) is 40.4. The number of carbonyl (C=O) groups is 1. The van der Waals surface area contributed by atoms with E-state index in [1.807, 2.05) is 36.0 Å². The minimum atomic E-state index is -2.94. The molecule has 0 aromatic carbocycles. The highest BCUT2D eigenvalue weighted by atomic mass is 32.2. The van der Waals surface area contributed by atoms with Crippen molar-refractivity contribution in [3.8, 4) is 0 Å². The van der Waals surface area contributed by atoms with Gasteiger partial charge >= 0.3 is 5.97 Å². The van der Waals surface area contributed by atoms with Gasteiger partial charge < -0.3 is 58.0 Å². The van der Waals surface area contributed by atoms with Gasteiger partial charge in [0.2, 0.25) is 0 Å². The molecule has 4 heterocycles. The topological polar surface area (TPSA) is 297 Å². The molecule has 2 aliphatic rings. The van der Waals surface area contributed by atoms with E-state index in [-0.39, 0.29) is 89.9 Å². The van der Waals surface area contributed by atoms with Gasteiger partial charge in [-0.25, -0.2) is 26.2 Å². The Kier molecular flexibility index (Phi) is 37.7. The summed E-state index contributed by atoms with van der Waals surface area (Å²) in [5, 5.41) is 47.9. The molecule has 5 unspecified atom stereocenters. The molecular weight excluding hydrogens is 1000 g/mol. The van der Waals surface area contributed by atoms with E-state index >= 15 is 0 Å². The fourth-order valence-corrected chi connectivity index (χ4v) is 9.18. The Labute approximate surface area is 434 Å². The van der Waals surface area contributed by atoms with Crippen molar-refractivity contribution < 1.29 is 79.6 Å². The molecule has 0 aliphatic carbocycles. The van der Waals surface area contributed by atoms with Gasteiger partial charge in [-0.15, -0.1) is 10.2 Å². The molecule has 428 valence electrons. The summed E-state index contributed by atoms with van der Waals surface area (Å²) in [5.74, 6) is -1.88. The van der Waals surface area contributed by atoms with E-state index in [0.717, 1.165) is 11.4 Å². The van der Waals surface area contributed by atoms with Gasteiger partial charge in [0.05, 0.1) is 152 Å². The molecule has 0 radical (unpaired) electrons. The first-order chi connectivity index (χ1) is 34.7. The first kappa shape index (κ1) is 68.1. The maximum absolute atomic E-state index is 11.8. The SMILES string of the molecule is C.CC.CCCC.CCOC(O)C(OCCOCCOCCOCCn1cc(CN2CCS(=O)(=O)CC2)nn1)C(OCCOCCOCCOCCn1cc(CN2CCS(=O)(=O)CC2)nn1)C(O)C(C)C(=O)O. The zero-order chi connectivity index (χ0) is 53.0. The van der Waals surface area contributed by atoms with Gasteiger partial charge in [-0.05, 0) is 13.8 Å². The van der Waals surface area contributed by atoms with Gasteiger partial charge in [0.15, 0.2) is 26.0 Å². The van der Waals surface area contributed by atoms with Crippen LogP contribution in [0.1, 0.15) is 73.2 Å². The van der Waals surface area contributed by atoms with Crippen molar-refractivity contribution in [2.75, 3.05) is 148 Å². The summed E-state index contributed by atoms with van der Waals surface area (Å²) >= 11 is 0. The molecule has 25 nitrogen and oxygen atoms in total. The van der Waals surface area contributed by atoms with Crippen LogP contribution < -0.4 is 0 Å². The Morgan fingerprint density at radius 1 is 0.575 bits per heavy atom. The molecule has 73 heavy (non-hydrogen) atoms. The van der Waals surface area contributed by atoms with E-state index in [1.165, 1.54) is 19.8 Å². The van der Waals surface area contributed by atoms with Gasteiger partial charge in [-0.2, -0.15) is 0 Å². The van der Waals surface area contributed by atoms with Crippen molar-refractivity contribution in [2.24, 2.45) is 5.92 Å². The number of nitrogens with zero attached hydrogens (tertiary/aromatic N) is 8. The number of sulfone groups is 2. The molecule has 0 bridgehead atoms. The summed E-state index contributed by atoms with van der Waals surface area (Å²) in [6, 6.07) is 0. The maximum atomic E-state index is 11.8. The number of hydrogen-bond acceptors (Lipinski definition) is 22. The van der Waals surface area contributed by atoms with Crippen LogP contribution >= 0.6 is 0 Å². The van der Waals surface area contributed by atoms with Gasteiger partial charge in [0, 0.05) is 58.3 Å². The van der Waals surface area contributed by atoms with Crippen molar-refractivity contribution in [1.29, 1.82) is 0 Å². The molecule has 3 N–H and O–H groups in total. The smallest absolute Gasteiger partial charge is 0.308 e. The lowest BCUT2D eigenvalue weighted by Gasteiger charge is -2.34. The summed E-state index contributed by atoms with van der Waals surface area (Å²) in [6.07, 6.45) is 0.602. The third-order valence-electron chi connectivity index (χ3n) is 11.0. The zero-order valence-electron chi connectivity index (χ0n) is 43.5. The molecule has 27 heteroatoms. The van der Waals surface area contributed by atoms with Crippen LogP contribution in [0.5, 0.6) is 0 Å². The van der Waals surface area contributed by atoms with Gasteiger partial charge in [0.25, 0.3) is 0 Å². The van der Waals surface area contributed by atoms with E-state index < -0.39 is 56.2 Å². The average molecular weight is 1090 g/mol. The number of unbranched alkanes of at least 4 members (excludes halogenated alkanes) is 1. The second-order valence-electron chi connectivity index (χ2n) is 16.6. The molecule has 4 rings (SSSR count). The maximum Gasteiger partial charge on any atom is 0.308 e. The number of aliphatic hydroxyl groups is 2. The highest BCUT2D eigenvalue weighted by molar-refractivity contribution is 7.91. The molecule has 2 aliphatic heterocycles. The Bertz CT molecular complexity index is 1870. The van der Waals surface area contributed by atoms with Crippen molar-refractivity contribution >= 4 is 25.6 Å². The van der Waals surface area contributed by atoms with Crippen LogP contribution in [-0.4, -0.2) is 251 Å². The van der Waals surface area contributed by atoms with Crippen molar-refractivity contribution in [3.63, 3.8) is 0 Å². The summed E-state index contributed by atoms with van der Waals surface area (Å²) in [5.41, 5.74) is 1.54. The number of carboxylic acids is 1. The lowest BCUT2D eigenvalue weighted by molar-refractivity contribution is -0.235. The van der Waals surface area contributed by atoms with E-state index in [4.69, 9.17) is 42.6 Å². The van der Waals surface area contributed by atoms with E-state index in [0.29, 0.717) is 92.0 Å². The van der Waals surface area contributed by atoms with Crippen LogP contribution in [0.4, 0.5) is 0 Å². The number of ether oxygens (including phenoxy) is 9. The van der Waals surface area contributed by atoms with Crippen LogP contribution in [0.15, 0.2) is 12.4 Å². The fraction of sp³-hybridized carbons (Fsp3) is 0.891. The number of aliphatic carboxylic acids is 1. The number of hydrogen-bond donors (Lipinski definition) is 3. The molecule has 5 atom stereocenters. The summed E-state index contributed by atoms with van der Waals surface area (Å²) in [4.78, 5) is 15.9. The number of carboxylic acid groups (broad SMARTS) is 1. The highest BCUT2D eigenvalue weighted by Crippen LogP contribution is 2.20. The normalized spacial score (nSPS) is 17.8. The average Bonchev–Trinajstić information content (AvgIpc) is 4.02. The van der Waals surface area contributed by atoms with E-state index in [9.17, 15) is 36.9 Å². The quantitative estimate of drug-likeness (QED) is 0.0619. The Morgan fingerprint density at radius 3 is 1.26 bits per heavy atom. The number of rotatable bonds is 38. The van der Waals surface area contributed by atoms with Crippen LogP contribution in [0.2, 0.25) is 0 Å². The molecule has 0 saturated carbocycles. The molecule has 2 fully saturated rings. The van der Waals surface area contributed by atoms with E-state index in [1.54, 1.807) is 16.3 Å². The zero-order valence-corrected chi connectivity index (χ0v) is 45.1. The predicted octanol–water partition coefficient (Wildman–Crippen LogP) is 0.806. The van der Waals surface area contributed by atoms with Crippen molar-refractivity contribution in [2.45, 2.75) is 113 Å². The molecule has 0 spiro atoms. The second-order valence-corrected chi connectivity index (χ2v) is 21.2.